The van der Waals surface area contributed by atoms with Crippen LogP contribution in [-0.2, 0) is 0 Å². The van der Waals surface area contributed by atoms with Gasteiger partial charge in [-0.2, -0.15) is 5.26 Å². The fourth-order valence-electron chi connectivity index (χ4n) is 1.04. The summed E-state index contributed by atoms with van der Waals surface area (Å²) in [6, 6.07) is 8.27. The first-order valence-corrected chi connectivity index (χ1v) is 4.95. The molecule has 0 aliphatic carbocycles. The van der Waals surface area contributed by atoms with Gasteiger partial charge in [0.15, 0.2) is 0 Å². The van der Waals surface area contributed by atoms with E-state index >= 15 is 0 Å². The van der Waals surface area contributed by atoms with Crippen LogP contribution in [0.15, 0.2) is 40.1 Å². The number of nitriles is 1. The van der Waals surface area contributed by atoms with Crippen LogP contribution in [0.5, 0.6) is 0 Å². The van der Waals surface area contributed by atoms with Crippen LogP contribution in [0.3, 0.4) is 0 Å². The lowest BCUT2D eigenvalue weighted by Crippen LogP contribution is -2.03. The van der Waals surface area contributed by atoms with Crippen LogP contribution in [-0.4, -0.2) is 10.9 Å². The highest BCUT2D eigenvalue weighted by atomic mass is 79.9. The van der Waals surface area contributed by atoms with Crippen molar-refractivity contribution in [2.75, 3.05) is 0 Å². The molecule has 4 heteroatoms. The lowest BCUT2D eigenvalue weighted by Gasteiger charge is -2.00. The molecule has 0 amide bonds. The van der Waals surface area contributed by atoms with Gasteiger partial charge in [-0.1, -0.05) is 15.9 Å². The van der Waals surface area contributed by atoms with E-state index in [1.807, 2.05) is 0 Å². The Labute approximate surface area is 95.8 Å². The maximum atomic E-state index is 11.7. The minimum absolute atomic E-state index is 0.225. The van der Waals surface area contributed by atoms with Crippen molar-refractivity contribution in [2.45, 2.75) is 6.92 Å². The number of halogens is 1. The zero-order chi connectivity index (χ0) is 11.4. The van der Waals surface area contributed by atoms with Crippen molar-refractivity contribution in [3.8, 4) is 6.07 Å². The molecular weight excluding hydrogens is 258 g/mol. The van der Waals surface area contributed by atoms with Crippen molar-refractivity contribution in [3.05, 3.63) is 45.6 Å². The van der Waals surface area contributed by atoms with E-state index < -0.39 is 5.78 Å². The van der Waals surface area contributed by atoms with Crippen molar-refractivity contribution < 1.29 is 9.90 Å². The van der Waals surface area contributed by atoms with Crippen molar-refractivity contribution in [1.82, 2.24) is 0 Å². The van der Waals surface area contributed by atoms with E-state index in [4.69, 9.17) is 10.4 Å². The molecule has 76 valence electrons. The molecule has 0 fully saturated rings. The van der Waals surface area contributed by atoms with Gasteiger partial charge >= 0.3 is 0 Å². The number of aliphatic hydroxyl groups is 1. The lowest BCUT2D eigenvalue weighted by molar-refractivity contribution is 0.103. The SMILES string of the molecule is C/C(O)=C(\C#N)C(=O)c1ccc(Br)cc1. The Balaban J connectivity index is 3.11. The van der Waals surface area contributed by atoms with Gasteiger partial charge in [-0.3, -0.25) is 4.79 Å². The van der Waals surface area contributed by atoms with Crippen LogP contribution >= 0.6 is 15.9 Å². The summed E-state index contributed by atoms with van der Waals surface area (Å²) in [5.74, 6) is -0.726. The van der Waals surface area contributed by atoms with Gasteiger partial charge in [0.2, 0.25) is 5.78 Å². The maximum Gasteiger partial charge on any atom is 0.206 e. The van der Waals surface area contributed by atoms with Crippen LogP contribution in [0.25, 0.3) is 0 Å². The van der Waals surface area contributed by atoms with E-state index in [-0.39, 0.29) is 11.3 Å². The molecule has 0 spiro atoms. The van der Waals surface area contributed by atoms with Crippen molar-refractivity contribution in [3.63, 3.8) is 0 Å². The normalized spacial score (nSPS) is 11.5. The first-order valence-electron chi connectivity index (χ1n) is 4.16. The Bertz CT molecular complexity index is 450. The minimum atomic E-state index is -0.468. The highest BCUT2D eigenvalue weighted by Crippen LogP contribution is 2.14. The van der Waals surface area contributed by atoms with Crippen LogP contribution in [0, 0.1) is 11.3 Å². The van der Waals surface area contributed by atoms with Gasteiger partial charge < -0.3 is 5.11 Å². The zero-order valence-electron chi connectivity index (χ0n) is 7.99. The number of aliphatic hydroxyl groups excluding tert-OH is 1. The Morgan fingerprint density at radius 2 is 1.93 bits per heavy atom. The molecule has 0 unspecified atom stereocenters. The Morgan fingerprint density at radius 3 is 2.33 bits per heavy atom. The molecule has 0 saturated carbocycles. The molecular formula is C11H8BrNO2. The van der Waals surface area contributed by atoms with Gasteiger partial charge in [0.1, 0.15) is 17.4 Å². The number of allylic oxidation sites excluding steroid dienone is 2. The monoisotopic (exact) mass is 265 g/mol. The number of hydrogen-bond acceptors (Lipinski definition) is 3. The molecule has 0 atom stereocenters. The summed E-state index contributed by atoms with van der Waals surface area (Å²) < 4.78 is 0.849. The molecule has 1 rings (SSSR count). The fraction of sp³-hybridized carbons (Fsp3) is 0.0909. The van der Waals surface area contributed by atoms with Crippen LogP contribution in [0.1, 0.15) is 17.3 Å². The summed E-state index contributed by atoms with van der Waals surface area (Å²) in [5, 5.41) is 17.8. The molecule has 1 aromatic rings. The summed E-state index contributed by atoms with van der Waals surface area (Å²) in [4.78, 5) is 11.7. The highest BCUT2D eigenvalue weighted by molar-refractivity contribution is 9.10. The zero-order valence-corrected chi connectivity index (χ0v) is 9.58. The van der Waals surface area contributed by atoms with Crippen molar-refractivity contribution in [1.29, 1.82) is 5.26 Å². The minimum Gasteiger partial charge on any atom is -0.511 e. The van der Waals surface area contributed by atoms with Crippen molar-refractivity contribution >= 4 is 21.7 Å². The molecule has 0 aliphatic heterocycles. The number of rotatable bonds is 2. The third-order valence-electron chi connectivity index (χ3n) is 1.81. The largest absolute Gasteiger partial charge is 0.511 e. The van der Waals surface area contributed by atoms with Gasteiger partial charge in [-0.05, 0) is 31.2 Å². The van der Waals surface area contributed by atoms with E-state index in [0.717, 1.165) is 4.47 Å². The standard InChI is InChI=1S/C11H8BrNO2/c1-7(14)10(6-13)11(15)8-2-4-9(12)5-3-8/h2-5,14H,1H3/b10-7-. The molecule has 1 aromatic carbocycles. The topological polar surface area (TPSA) is 61.1 Å². The smallest absolute Gasteiger partial charge is 0.206 e. The predicted molar refractivity (Wildman–Crippen MR) is 59.4 cm³/mol. The number of benzene rings is 1. The average molecular weight is 266 g/mol. The molecule has 0 aromatic heterocycles. The van der Waals surface area contributed by atoms with Gasteiger partial charge in [0.05, 0.1) is 0 Å². The van der Waals surface area contributed by atoms with E-state index in [0.29, 0.717) is 5.56 Å². The Hall–Kier alpha value is -1.60. The second-order valence-corrected chi connectivity index (χ2v) is 3.82. The number of ketones is 1. The number of hydrogen-bond donors (Lipinski definition) is 1. The highest BCUT2D eigenvalue weighted by Gasteiger charge is 2.14. The van der Waals surface area contributed by atoms with Gasteiger partial charge in [-0.15, -0.1) is 0 Å². The van der Waals surface area contributed by atoms with E-state index in [1.165, 1.54) is 6.92 Å². The molecule has 0 aliphatic rings. The van der Waals surface area contributed by atoms with Gasteiger partial charge in [0.25, 0.3) is 0 Å². The molecule has 0 radical (unpaired) electrons. The van der Waals surface area contributed by atoms with E-state index in [1.54, 1.807) is 30.3 Å². The van der Waals surface area contributed by atoms with Crippen molar-refractivity contribution in [2.24, 2.45) is 0 Å². The number of carbonyl (C=O) groups is 1. The lowest BCUT2D eigenvalue weighted by atomic mass is 10.0. The third kappa shape index (κ3) is 2.67. The molecule has 1 N–H and O–H groups in total. The van der Waals surface area contributed by atoms with Gasteiger partial charge in [-0.25, -0.2) is 0 Å². The first kappa shape index (κ1) is 11.5. The Morgan fingerprint density at radius 1 is 1.40 bits per heavy atom. The quantitative estimate of drug-likeness (QED) is 0.387. The first-order chi connectivity index (χ1) is 7.06. The van der Waals surface area contributed by atoms with Crippen LogP contribution in [0.2, 0.25) is 0 Å². The third-order valence-corrected chi connectivity index (χ3v) is 2.34. The summed E-state index contributed by atoms with van der Waals surface area (Å²) in [6.45, 7) is 1.31. The number of Topliss-reactive ketones (excluding diaryl/α,β-unsaturated/α-hetero) is 1. The summed E-state index contributed by atoms with van der Waals surface area (Å²) in [7, 11) is 0. The van der Waals surface area contributed by atoms with E-state index in [9.17, 15) is 4.79 Å². The van der Waals surface area contributed by atoms with E-state index in [2.05, 4.69) is 15.9 Å². The predicted octanol–water partition coefficient (Wildman–Crippen LogP) is 2.99. The second kappa shape index (κ2) is 4.76. The molecule has 3 nitrogen and oxygen atoms in total. The molecule has 0 saturated heterocycles. The second-order valence-electron chi connectivity index (χ2n) is 2.91. The summed E-state index contributed by atoms with van der Waals surface area (Å²) in [6.07, 6.45) is 0. The van der Waals surface area contributed by atoms with Crippen LogP contribution < -0.4 is 0 Å². The average Bonchev–Trinajstić information content (AvgIpc) is 2.19. The fourth-order valence-corrected chi connectivity index (χ4v) is 1.31. The number of nitrogens with zero attached hydrogens (tertiary/aromatic N) is 1. The summed E-state index contributed by atoms with van der Waals surface area (Å²) >= 11 is 3.24. The van der Waals surface area contributed by atoms with Gasteiger partial charge in [0, 0.05) is 10.0 Å². The Kier molecular flexibility index (Phi) is 3.64. The summed E-state index contributed by atoms with van der Waals surface area (Å²) in [5.41, 5.74) is 0.153. The molecule has 15 heavy (non-hydrogen) atoms. The molecule has 0 heterocycles. The maximum absolute atomic E-state index is 11.7. The van der Waals surface area contributed by atoms with Crippen LogP contribution in [0.4, 0.5) is 0 Å². The number of carbonyl (C=O) groups excluding carboxylic acids is 1. The molecule has 0 bridgehead atoms.